The Morgan fingerprint density at radius 1 is 1.12 bits per heavy atom. The molecule has 1 fully saturated rings. The molecule has 1 aliphatic heterocycles. The summed E-state index contributed by atoms with van der Waals surface area (Å²) in [5.74, 6) is 1.21. The second-order valence-corrected chi connectivity index (χ2v) is 7.35. The van der Waals surface area contributed by atoms with Crippen molar-refractivity contribution >= 4 is 17.2 Å². The number of carbonyl (C=O) groups excluding carboxylic acids is 1. The zero-order valence-electron chi connectivity index (χ0n) is 14.8. The number of ether oxygens (including phenoxy) is 1. The van der Waals surface area contributed by atoms with Crippen molar-refractivity contribution in [3.8, 4) is 5.75 Å². The van der Waals surface area contributed by atoms with Gasteiger partial charge in [-0.2, -0.15) is 0 Å². The second kappa shape index (κ2) is 9.02. The van der Waals surface area contributed by atoms with Crippen LogP contribution in [0.4, 0.5) is 0 Å². The molecule has 0 N–H and O–H groups in total. The van der Waals surface area contributed by atoms with Crippen LogP contribution in [0, 0.1) is 0 Å². The van der Waals surface area contributed by atoms with Crippen LogP contribution < -0.4 is 4.74 Å². The average Bonchev–Trinajstić information content (AvgIpc) is 3.16. The van der Waals surface area contributed by atoms with E-state index in [2.05, 4.69) is 28.5 Å². The lowest BCUT2D eigenvalue weighted by atomic mass is 10.1. The number of carbonyl (C=O) groups is 1. The van der Waals surface area contributed by atoms with Crippen molar-refractivity contribution in [2.24, 2.45) is 0 Å². The quantitative estimate of drug-likeness (QED) is 0.760. The lowest BCUT2D eigenvalue weighted by molar-refractivity contribution is -0.132. The number of hydrogen-bond donors (Lipinski definition) is 0. The van der Waals surface area contributed by atoms with Gasteiger partial charge in [-0.1, -0.05) is 18.2 Å². The third kappa shape index (κ3) is 5.31. The molecule has 4 nitrogen and oxygen atoms in total. The van der Waals surface area contributed by atoms with Crippen molar-refractivity contribution in [1.29, 1.82) is 0 Å². The van der Waals surface area contributed by atoms with Gasteiger partial charge in [-0.15, -0.1) is 11.3 Å². The number of hydrogen-bond acceptors (Lipinski definition) is 4. The van der Waals surface area contributed by atoms with Crippen LogP contribution in [0.2, 0.25) is 0 Å². The summed E-state index contributed by atoms with van der Waals surface area (Å²) in [6.07, 6.45) is 1.49. The molecule has 0 radical (unpaired) electrons. The molecule has 3 rings (SSSR count). The smallest absolute Gasteiger partial charge is 0.223 e. The van der Waals surface area contributed by atoms with Gasteiger partial charge in [0.05, 0.1) is 6.61 Å². The molecule has 1 aromatic carbocycles. The first kappa shape index (κ1) is 18.0. The largest absolute Gasteiger partial charge is 0.494 e. The van der Waals surface area contributed by atoms with Crippen molar-refractivity contribution < 1.29 is 9.53 Å². The standard InChI is InChI=1S/C20H26N2O2S/c1-2-24-18-7-5-17(6-8-18)16-21-11-13-22(14-12-21)20(23)10-9-19-4-3-15-25-19/h3-8,15H,2,9-14,16H2,1H3. The van der Waals surface area contributed by atoms with Gasteiger partial charge in [-0.25, -0.2) is 0 Å². The third-order valence-corrected chi connectivity index (χ3v) is 5.47. The lowest BCUT2D eigenvalue weighted by Crippen LogP contribution is -2.48. The van der Waals surface area contributed by atoms with Crippen LogP contribution in [-0.4, -0.2) is 48.5 Å². The Hall–Kier alpha value is -1.85. The van der Waals surface area contributed by atoms with Gasteiger partial charge < -0.3 is 9.64 Å². The molecule has 1 saturated heterocycles. The van der Waals surface area contributed by atoms with Crippen LogP contribution in [0.1, 0.15) is 23.8 Å². The molecule has 2 aromatic rings. The number of aryl methyl sites for hydroxylation is 1. The highest BCUT2D eigenvalue weighted by Gasteiger charge is 2.20. The number of benzene rings is 1. The molecule has 2 heterocycles. The minimum Gasteiger partial charge on any atom is -0.494 e. The van der Waals surface area contributed by atoms with E-state index in [1.54, 1.807) is 11.3 Å². The van der Waals surface area contributed by atoms with Crippen molar-refractivity contribution in [2.75, 3.05) is 32.8 Å². The molecule has 134 valence electrons. The Kier molecular flexibility index (Phi) is 6.48. The van der Waals surface area contributed by atoms with E-state index >= 15 is 0 Å². The van der Waals surface area contributed by atoms with Crippen molar-refractivity contribution in [1.82, 2.24) is 9.80 Å². The Morgan fingerprint density at radius 2 is 1.88 bits per heavy atom. The van der Waals surface area contributed by atoms with E-state index in [4.69, 9.17) is 4.74 Å². The first-order valence-electron chi connectivity index (χ1n) is 8.99. The Morgan fingerprint density at radius 3 is 2.52 bits per heavy atom. The maximum absolute atomic E-state index is 12.4. The molecule has 25 heavy (non-hydrogen) atoms. The molecule has 1 aromatic heterocycles. The summed E-state index contributed by atoms with van der Waals surface area (Å²) in [5, 5.41) is 2.07. The summed E-state index contributed by atoms with van der Waals surface area (Å²) < 4.78 is 5.48. The van der Waals surface area contributed by atoms with Crippen LogP contribution >= 0.6 is 11.3 Å². The minimum atomic E-state index is 0.286. The first-order valence-corrected chi connectivity index (χ1v) is 9.87. The van der Waals surface area contributed by atoms with E-state index in [0.29, 0.717) is 13.0 Å². The number of thiophene rings is 1. The van der Waals surface area contributed by atoms with Gasteiger partial charge in [-0.05, 0) is 42.5 Å². The molecule has 0 aliphatic carbocycles. The molecule has 0 atom stereocenters. The number of amides is 1. The average molecular weight is 359 g/mol. The summed E-state index contributed by atoms with van der Waals surface area (Å²) >= 11 is 1.73. The fourth-order valence-electron chi connectivity index (χ4n) is 3.11. The van der Waals surface area contributed by atoms with Gasteiger partial charge >= 0.3 is 0 Å². The highest BCUT2D eigenvalue weighted by atomic mass is 32.1. The van der Waals surface area contributed by atoms with Crippen LogP contribution in [0.15, 0.2) is 41.8 Å². The molecule has 0 saturated carbocycles. The van der Waals surface area contributed by atoms with Gasteiger partial charge in [0.15, 0.2) is 0 Å². The molecular weight excluding hydrogens is 332 g/mol. The SMILES string of the molecule is CCOc1ccc(CN2CCN(C(=O)CCc3cccs3)CC2)cc1. The van der Waals surface area contributed by atoms with Gasteiger partial charge in [0.2, 0.25) is 5.91 Å². The van der Waals surface area contributed by atoms with E-state index in [1.165, 1.54) is 10.4 Å². The summed E-state index contributed by atoms with van der Waals surface area (Å²) in [4.78, 5) is 18.1. The van der Waals surface area contributed by atoms with Crippen LogP contribution in [0.25, 0.3) is 0 Å². The normalized spacial score (nSPS) is 15.3. The Balaban J connectivity index is 1.41. The van der Waals surface area contributed by atoms with Gasteiger partial charge in [0, 0.05) is 44.0 Å². The zero-order valence-corrected chi connectivity index (χ0v) is 15.6. The van der Waals surface area contributed by atoms with E-state index < -0.39 is 0 Å². The fourth-order valence-corrected chi connectivity index (χ4v) is 3.82. The summed E-state index contributed by atoms with van der Waals surface area (Å²) in [7, 11) is 0. The topological polar surface area (TPSA) is 32.8 Å². The van der Waals surface area contributed by atoms with Crippen molar-refractivity contribution in [2.45, 2.75) is 26.3 Å². The third-order valence-electron chi connectivity index (χ3n) is 4.53. The summed E-state index contributed by atoms with van der Waals surface area (Å²) in [6, 6.07) is 12.5. The van der Waals surface area contributed by atoms with Crippen molar-refractivity contribution in [3.05, 3.63) is 52.2 Å². The monoisotopic (exact) mass is 358 g/mol. The summed E-state index contributed by atoms with van der Waals surface area (Å²) in [5.41, 5.74) is 1.29. The number of piperazine rings is 1. The van der Waals surface area contributed by atoms with Crippen LogP contribution in [0.3, 0.4) is 0 Å². The molecule has 0 bridgehead atoms. The maximum Gasteiger partial charge on any atom is 0.223 e. The van der Waals surface area contributed by atoms with E-state index in [1.807, 2.05) is 30.0 Å². The molecule has 0 unspecified atom stereocenters. The molecule has 1 aliphatic rings. The zero-order chi connectivity index (χ0) is 17.5. The Bertz CT molecular complexity index is 647. The summed E-state index contributed by atoms with van der Waals surface area (Å²) in [6.45, 7) is 7.18. The first-order chi connectivity index (χ1) is 12.2. The van der Waals surface area contributed by atoms with Gasteiger partial charge in [0.25, 0.3) is 0 Å². The lowest BCUT2D eigenvalue weighted by Gasteiger charge is -2.34. The second-order valence-electron chi connectivity index (χ2n) is 6.31. The molecular formula is C20H26N2O2S. The number of nitrogens with zero attached hydrogens (tertiary/aromatic N) is 2. The molecule has 0 spiro atoms. The van der Waals surface area contributed by atoms with E-state index in [0.717, 1.165) is 44.9 Å². The predicted octanol–water partition coefficient (Wildman–Crippen LogP) is 3.42. The minimum absolute atomic E-state index is 0.286. The maximum atomic E-state index is 12.4. The highest BCUT2D eigenvalue weighted by molar-refractivity contribution is 7.09. The van der Waals surface area contributed by atoms with E-state index in [-0.39, 0.29) is 5.91 Å². The highest BCUT2D eigenvalue weighted by Crippen LogP contribution is 2.16. The number of rotatable bonds is 7. The predicted molar refractivity (Wildman–Crippen MR) is 102 cm³/mol. The van der Waals surface area contributed by atoms with Gasteiger partial charge in [-0.3, -0.25) is 9.69 Å². The fraction of sp³-hybridized carbons (Fsp3) is 0.450. The van der Waals surface area contributed by atoms with Crippen molar-refractivity contribution in [3.63, 3.8) is 0 Å². The Labute approximate surface area is 154 Å². The van der Waals surface area contributed by atoms with E-state index in [9.17, 15) is 4.79 Å². The van der Waals surface area contributed by atoms with Crippen LogP contribution in [-0.2, 0) is 17.8 Å². The molecule has 1 amide bonds. The van der Waals surface area contributed by atoms with Crippen LogP contribution in [0.5, 0.6) is 5.75 Å². The van der Waals surface area contributed by atoms with Gasteiger partial charge in [0.1, 0.15) is 5.75 Å². The molecule has 5 heteroatoms.